The number of hydrogen-bond acceptors (Lipinski definition) is 2. The number of hydrogen-bond donors (Lipinski definition) is 0. The third-order valence-electron chi connectivity index (χ3n) is 4.43. The van der Waals surface area contributed by atoms with Gasteiger partial charge in [0.1, 0.15) is 0 Å². The number of amides is 1. The number of anilines is 1. The zero-order chi connectivity index (χ0) is 17.8. The van der Waals surface area contributed by atoms with E-state index in [1.165, 1.54) is 0 Å². The third kappa shape index (κ3) is 4.81. The number of carbonyl (C=O) groups excluding carboxylic acids is 1. The molecule has 0 aromatic heterocycles. The maximum atomic E-state index is 12.5. The first-order chi connectivity index (χ1) is 12.0. The van der Waals surface area contributed by atoms with Crippen LogP contribution < -0.4 is 4.90 Å². The van der Waals surface area contributed by atoms with Gasteiger partial charge in [-0.2, -0.15) is 0 Å². The smallest absolute Gasteiger partial charge is 0.223 e. The Hall–Kier alpha value is -1.42. The summed E-state index contributed by atoms with van der Waals surface area (Å²) in [5.41, 5.74) is 2.06. The van der Waals surface area contributed by atoms with E-state index < -0.39 is 0 Å². The fraction of sp³-hybridized carbons (Fsp3) is 0.316. The largest absolute Gasteiger partial charge is 0.368 e. The molecule has 0 N–H and O–H groups in total. The second-order valence-corrected chi connectivity index (χ2v) is 7.36. The van der Waals surface area contributed by atoms with Gasteiger partial charge < -0.3 is 9.80 Å². The van der Waals surface area contributed by atoms with Crippen molar-refractivity contribution in [2.75, 3.05) is 31.1 Å². The Bertz CT molecular complexity index is 758. The molecule has 6 heteroatoms. The van der Waals surface area contributed by atoms with Crippen molar-refractivity contribution in [1.29, 1.82) is 0 Å². The lowest BCUT2D eigenvalue weighted by atomic mass is 10.1. The van der Waals surface area contributed by atoms with Crippen LogP contribution in [-0.2, 0) is 11.2 Å². The number of halogens is 3. The van der Waals surface area contributed by atoms with Crippen molar-refractivity contribution in [2.45, 2.75) is 12.8 Å². The first-order valence-corrected chi connectivity index (χ1v) is 9.38. The zero-order valence-corrected chi connectivity index (χ0v) is 16.0. The van der Waals surface area contributed by atoms with Crippen molar-refractivity contribution < 1.29 is 4.79 Å². The molecular formula is C19H19Cl3N2O. The molecule has 3 rings (SSSR count). The highest BCUT2D eigenvalue weighted by molar-refractivity contribution is 6.35. The Morgan fingerprint density at radius 3 is 2.32 bits per heavy atom. The Balaban J connectivity index is 1.51. The molecule has 0 radical (unpaired) electrons. The van der Waals surface area contributed by atoms with Crippen LogP contribution in [0.1, 0.15) is 12.0 Å². The standard InChI is InChI=1S/C19H19Cl3N2O/c20-15-2-1-3-17(12-15)23-8-10-24(11-9-23)19(25)7-5-14-4-6-16(21)13-18(14)22/h1-4,6,12-13H,5,7-11H2. The highest BCUT2D eigenvalue weighted by Crippen LogP contribution is 2.23. The lowest BCUT2D eigenvalue weighted by Crippen LogP contribution is -2.48. The van der Waals surface area contributed by atoms with Gasteiger partial charge in [-0.15, -0.1) is 0 Å². The van der Waals surface area contributed by atoms with Crippen LogP contribution in [0.2, 0.25) is 15.1 Å². The predicted molar refractivity (Wildman–Crippen MR) is 105 cm³/mol. The van der Waals surface area contributed by atoms with E-state index in [9.17, 15) is 4.79 Å². The Morgan fingerprint density at radius 2 is 1.64 bits per heavy atom. The molecule has 0 unspecified atom stereocenters. The summed E-state index contributed by atoms with van der Waals surface area (Å²) in [6.45, 7) is 3.07. The Kier molecular flexibility index (Phi) is 6.10. The van der Waals surface area contributed by atoms with E-state index in [2.05, 4.69) is 4.90 Å². The highest BCUT2D eigenvalue weighted by atomic mass is 35.5. The zero-order valence-electron chi connectivity index (χ0n) is 13.7. The Morgan fingerprint density at radius 1 is 0.920 bits per heavy atom. The summed E-state index contributed by atoms with van der Waals surface area (Å²) in [7, 11) is 0. The maximum Gasteiger partial charge on any atom is 0.223 e. The van der Waals surface area contributed by atoms with Crippen LogP contribution in [-0.4, -0.2) is 37.0 Å². The minimum absolute atomic E-state index is 0.164. The van der Waals surface area contributed by atoms with Crippen LogP contribution in [0.4, 0.5) is 5.69 Å². The molecule has 1 heterocycles. The molecule has 0 bridgehead atoms. The predicted octanol–water partition coefficient (Wildman–Crippen LogP) is 4.93. The lowest BCUT2D eigenvalue weighted by Gasteiger charge is -2.36. The average Bonchev–Trinajstić information content (AvgIpc) is 2.61. The van der Waals surface area contributed by atoms with E-state index in [1.807, 2.05) is 35.2 Å². The molecule has 0 aliphatic carbocycles. The first kappa shape index (κ1) is 18.4. The molecule has 1 aliphatic heterocycles. The van der Waals surface area contributed by atoms with Gasteiger partial charge in [0.25, 0.3) is 0 Å². The van der Waals surface area contributed by atoms with Gasteiger partial charge in [-0.1, -0.05) is 46.9 Å². The minimum Gasteiger partial charge on any atom is -0.368 e. The highest BCUT2D eigenvalue weighted by Gasteiger charge is 2.21. The van der Waals surface area contributed by atoms with Crippen molar-refractivity contribution in [2.24, 2.45) is 0 Å². The average molecular weight is 398 g/mol. The summed E-state index contributed by atoms with van der Waals surface area (Å²) in [6, 6.07) is 13.2. The van der Waals surface area contributed by atoms with E-state index >= 15 is 0 Å². The molecule has 0 saturated carbocycles. The lowest BCUT2D eigenvalue weighted by molar-refractivity contribution is -0.131. The molecule has 1 amide bonds. The number of aryl methyl sites for hydroxylation is 1. The van der Waals surface area contributed by atoms with Gasteiger partial charge in [-0.05, 0) is 42.3 Å². The number of benzene rings is 2. The fourth-order valence-corrected chi connectivity index (χ4v) is 3.70. The number of rotatable bonds is 4. The molecule has 1 aliphatic rings. The topological polar surface area (TPSA) is 23.6 Å². The van der Waals surface area contributed by atoms with Gasteiger partial charge in [-0.25, -0.2) is 0 Å². The van der Waals surface area contributed by atoms with E-state index in [1.54, 1.807) is 12.1 Å². The quantitative estimate of drug-likeness (QED) is 0.730. The molecule has 25 heavy (non-hydrogen) atoms. The fourth-order valence-electron chi connectivity index (χ4n) is 3.01. The molecular weight excluding hydrogens is 379 g/mol. The van der Waals surface area contributed by atoms with Crippen molar-refractivity contribution in [3.8, 4) is 0 Å². The molecule has 3 nitrogen and oxygen atoms in total. The molecule has 0 atom stereocenters. The third-order valence-corrected chi connectivity index (χ3v) is 5.25. The SMILES string of the molecule is O=C(CCc1ccc(Cl)cc1Cl)N1CCN(c2cccc(Cl)c2)CC1. The van der Waals surface area contributed by atoms with Crippen LogP contribution in [0.3, 0.4) is 0 Å². The summed E-state index contributed by atoms with van der Waals surface area (Å²) in [4.78, 5) is 16.6. The van der Waals surface area contributed by atoms with Crippen LogP contribution in [0, 0.1) is 0 Å². The molecule has 1 fully saturated rings. The second kappa shape index (κ2) is 8.31. The first-order valence-electron chi connectivity index (χ1n) is 8.25. The molecule has 2 aromatic carbocycles. The van der Waals surface area contributed by atoms with E-state index in [4.69, 9.17) is 34.8 Å². The summed E-state index contributed by atoms with van der Waals surface area (Å²) in [5, 5.41) is 1.96. The van der Waals surface area contributed by atoms with Crippen LogP contribution >= 0.6 is 34.8 Å². The molecule has 1 saturated heterocycles. The van der Waals surface area contributed by atoms with Crippen molar-refractivity contribution in [1.82, 2.24) is 4.90 Å². The summed E-state index contributed by atoms with van der Waals surface area (Å²) >= 11 is 18.1. The van der Waals surface area contributed by atoms with Crippen molar-refractivity contribution >= 4 is 46.4 Å². The molecule has 0 spiro atoms. The van der Waals surface area contributed by atoms with E-state index in [-0.39, 0.29) is 5.91 Å². The minimum atomic E-state index is 0.164. The normalized spacial score (nSPS) is 14.7. The number of nitrogens with zero attached hydrogens (tertiary/aromatic N) is 2. The van der Waals surface area contributed by atoms with Gasteiger partial charge in [0.05, 0.1) is 0 Å². The summed E-state index contributed by atoms with van der Waals surface area (Å²) < 4.78 is 0. The van der Waals surface area contributed by atoms with Gasteiger partial charge >= 0.3 is 0 Å². The van der Waals surface area contributed by atoms with Crippen molar-refractivity contribution in [3.63, 3.8) is 0 Å². The van der Waals surface area contributed by atoms with Gasteiger partial charge in [-0.3, -0.25) is 4.79 Å². The number of carbonyl (C=O) groups is 1. The summed E-state index contributed by atoms with van der Waals surface area (Å²) in [6.07, 6.45) is 1.09. The van der Waals surface area contributed by atoms with Gasteiger partial charge in [0.15, 0.2) is 0 Å². The molecule has 2 aromatic rings. The Labute approximate surface area is 163 Å². The van der Waals surface area contributed by atoms with Crippen LogP contribution in [0.25, 0.3) is 0 Å². The van der Waals surface area contributed by atoms with Crippen LogP contribution in [0.5, 0.6) is 0 Å². The van der Waals surface area contributed by atoms with Gasteiger partial charge in [0, 0.05) is 53.4 Å². The van der Waals surface area contributed by atoms with Gasteiger partial charge in [0.2, 0.25) is 5.91 Å². The van der Waals surface area contributed by atoms with E-state index in [0.29, 0.717) is 22.9 Å². The summed E-state index contributed by atoms with van der Waals surface area (Å²) in [5.74, 6) is 0.164. The van der Waals surface area contributed by atoms with E-state index in [0.717, 1.165) is 42.5 Å². The van der Waals surface area contributed by atoms with Crippen LogP contribution in [0.15, 0.2) is 42.5 Å². The van der Waals surface area contributed by atoms with Crippen molar-refractivity contribution in [3.05, 3.63) is 63.1 Å². The monoisotopic (exact) mass is 396 g/mol. The molecule has 132 valence electrons. The number of piperazine rings is 1. The second-order valence-electron chi connectivity index (χ2n) is 6.08. The maximum absolute atomic E-state index is 12.5.